The average molecular weight is 314 g/mol. The molecular formula is C17H18N2O4. The van der Waals surface area contributed by atoms with E-state index in [2.05, 4.69) is 10.3 Å². The molecule has 2 rings (SSSR count). The summed E-state index contributed by atoms with van der Waals surface area (Å²) in [7, 11) is 0. The molecule has 2 N–H and O–H groups in total. The normalized spacial score (nSPS) is 10.9. The molecule has 120 valence electrons. The predicted molar refractivity (Wildman–Crippen MR) is 84.2 cm³/mol. The minimum Gasteiger partial charge on any atom is -0.489 e. The molecule has 2 aromatic rings. The quantitative estimate of drug-likeness (QED) is 0.853. The Kier molecular flexibility index (Phi) is 4.95. The number of hydrogen-bond acceptors (Lipinski definition) is 4. The molecule has 0 aliphatic carbocycles. The lowest BCUT2D eigenvalue weighted by Crippen LogP contribution is -2.49. The zero-order valence-electron chi connectivity index (χ0n) is 12.9. The van der Waals surface area contributed by atoms with Crippen molar-refractivity contribution in [3.05, 3.63) is 59.9 Å². The summed E-state index contributed by atoms with van der Waals surface area (Å²) < 4.78 is 5.62. The molecule has 0 saturated carbocycles. The first-order valence-electron chi connectivity index (χ1n) is 7.06. The van der Waals surface area contributed by atoms with E-state index in [1.165, 1.54) is 13.8 Å². The second-order valence-electron chi connectivity index (χ2n) is 5.56. The van der Waals surface area contributed by atoms with Crippen LogP contribution in [0.2, 0.25) is 0 Å². The highest BCUT2D eigenvalue weighted by molar-refractivity contribution is 5.97. The van der Waals surface area contributed by atoms with E-state index in [-0.39, 0.29) is 0 Å². The monoisotopic (exact) mass is 314 g/mol. The molecule has 0 atom stereocenters. The summed E-state index contributed by atoms with van der Waals surface area (Å²) in [5.41, 5.74) is -0.0960. The Balaban J connectivity index is 2.04. The van der Waals surface area contributed by atoms with Crippen molar-refractivity contribution in [2.75, 3.05) is 0 Å². The molecule has 1 heterocycles. The molecule has 6 heteroatoms. The number of aromatic nitrogens is 1. The molecular weight excluding hydrogens is 296 g/mol. The van der Waals surface area contributed by atoms with Crippen molar-refractivity contribution in [1.82, 2.24) is 10.3 Å². The lowest BCUT2D eigenvalue weighted by atomic mass is 10.1. The van der Waals surface area contributed by atoms with Gasteiger partial charge >= 0.3 is 5.97 Å². The summed E-state index contributed by atoms with van der Waals surface area (Å²) in [6, 6.07) is 10.3. The zero-order chi connectivity index (χ0) is 16.9. The molecule has 0 unspecified atom stereocenters. The van der Waals surface area contributed by atoms with Crippen molar-refractivity contribution < 1.29 is 19.4 Å². The zero-order valence-corrected chi connectivity index (χ0v) is 12.9. The highest BCUT2D eigenvalue weighted by Gasteiger charge is 2.29. The Labute approximate surface area is 134 Å². The van der Waals surface area contributed by atoms with E-state index in [0.29, 0.717) is 17.9 Å². The largest absolute Gasteiger partial charge is 0.489 e. The third kappa shape index (κ3) is 4.54. The average Bonchev–Trinajstić information content (AvgIpc) is 2.53. The van der Waals surface area contributed by atoms with Crippen LogP contribution in [0.25, 0.3) is 0 Å². The molecule has 1 aromatic carbocycles. The van der Waals surface area contributed by atoms with Crippen LogP contribution < -0.4 is 10.1 Å². The smallest absolute Gasteiger partial charge is 0.328 e. The molecule has 0 spiro atoms. The Morgan fingerprint density at radius 2 is 2.04 bits per heavy atom. The number of nitrogens with one attached hydrogen (secondary N) is 1. The van der Waals surface area contributed by atoms with Crippen molar-refractivity contribution in [1.29, 1.82) is 0 Å². The van der Waals surface area contributed by atoms with Crippen molar-refractivity contribution in [3.8, 4) is 5.75 Å². The Hall–Kier alpha value is -2.89. The van der Waals surface area contributed by atoms with E-state index >= 15 is 0 Å². The molecule has 1 aromatic heterocycles. The van der Waals surface area contributed by atoms with Crippen molar-refractivity contribution in [2.45, 2.75) is 26.0 Å². The predicted octanol–water partition coefficient (Wildman–Crippen LogP) is 2.25. The molecule has 6 nitrogen and oxygen atoms in total. The Bertz CT molecular complexity index is 699. The van der Waals surface area contributed by atoms with Crippen molar-refractivity contribution in [3.63, 3.8) is 0 Å². The van der Waals surface area contributed by atoms with E-state index in [1.807, 2.05) is 12.1 Å². The summed E-state index contributed by atoms with van der Waals surface area (Å²) in [5, 5.41) is 11.5. The molecule has 23 heavy (non-hydrogen) atoms. The highest BCUT2D eigenvalue weighted by atomic mass is 16.5. The SMILES string of the molecule is CC(C)(NC(=O)c1cccc(OCc2cccnc2)c1)C(=O)O. The van der Waals surface area contributed by atoms with E-state index in [0.717, 1.165) is 5.56 Å². The van der Waals surface area contributed by atoms with Crippen LogP contribution in [-0.2, 0) is 11.4 Å². The second kappa shape index (κ2) is 6.91. The van der Waals surface area contributed by atoms with Gasteiger partial charge in [-0.1, -0.05) is 12.1 Å². The van der Waals surface area contributed by atoms with Crippen LogP contribution in [0.5, 0.6) is 5.75 Å². The minimum atomic E-state index is -1.34. The lowest BCUT2D eigenvalue weighted by Gasteiger charge is -2.21. The van der Waals surface area contributed by atoms with E-state index in [9.17, 15) is 9.59 Å². The minimum absolute atomic E-state index is 0.333. The Morgan fingerprint density at radius 1 is 1.26 bits per heavy atom. The number of amides is 1. The van der Waals surface area contributed by atoms with Crippen LogP contribution in [0, 0.1) is 0 Å². The number of carbonyl (C=O) groups is 2. The van der Waals surface area contributed by atoms with Gasteiger partial charge in [-0.25, -0.2) is 4.79 Å². The van der Waals surface area contributed by atoms with Gasteiger partial charge in [-0.2, -0.15) is 0 Å². The fourth-order valence-corrected chi connectivity index (χ4v) is 1.79. The molecule has 0 fully saturated rings. The summed E-state index contributed by atoms with van der Waals surface area (Å²) in [4.78, 5) is 27.2. The lowest BCUT2D eigenvalue weighted by molar-refractivity contribution is -0.143. The summed E-state index contributed by atoms with van der Waals surface area (Å²) >= 11 is 0. The van der Waals surface area contributed by atoms with Gasteiger partial charge < -0.3 is 15.2 Å². The Morgan fingerprint density at radius 3 is 2.70 bits per heavy atom. The maximum Gasteiger partial charge on any atom is 0.328 e. The summed E-state index contributed by atoms with van der Waals surface area (Å²) in [6.07, 6.45) is 3.38. The summed E-state index contributed by atoms with van der Waals surface area (Å²) in [6.45, 7) is 3.19. The van der Waals surface area contributed by atoms with Gasteiger partial charge in [0, 0.05) is 23.5 Å². The first-order chi connectivity index (χ1) is 10.9. The highest BCUT2D eigenvalue weighted by Crippen LogP contribution is 2.16. The number of ether oxygens (including phenoxy) is 1. The van der Waals surface area contributed by atoms with Crippen LogP contribution in [0.1, 0.15) is 29.8 Å². The molecule has 0 bridgehead atoms. The van der Waals surface area contributed by atoms with Crippen LogP contribution in [0.4, 0.5) is 0 Å². The van der Waals surface area contributed by atoms with Crippen LogP contribution in [0.3, 0.4) is 0 Å². The first kappa shape index (κ1) is 16.5. The van der Waals surface area contributed by atoms with Crippen LogP contribution in [-0.4, -0.2) is 27.5 Å². The molecule has 0 aliphatic heterocycles. The third-order valence-electron chi connectivity index (χ3n) is 3.19. The van der Waals surface area contributed by atoms with Gasteiger partial charge in [0.05, 0.1) is 0 Å². The van der Waals surface area contributed by atoms with E-state index in [1.54, 1.807) is 36.7 Å². The standard InChI is InChI=1S/C17H18N2O4/c1-17(2,16(21)22)19-15(20)13-6-3-7-14(9-13)23-11-12-5-4-8-18-10-12/h3-10H,11H2,1-2H3,(H,19,20)(H,21,22). The number of benzene rings is 1. The van der Waals surface area contributed by atoms with Gasteiger partial charge in [-0.3, -0.25) is 9.78 Å². The van der Waals surface area contributed by atoms with Crippen molar-refractivity contribution >= 4 is 11.9 Å². The second-order valence-corrected chi connectivity index (χ2v) is 5.56. The number of aliphatic carboxylic acids is 1. The molecule has 1 amide bonds. The van der Waals surface area contributed by atoms with E-state index < -0.39 is 17.4 Å². The van der Waals surface area contributed by atoms with E-state index in [4.69, 9.17) is 9.84 Å². The van der Waals surface area contributed by atoms with Crippen molar-refractivity contribution in [2.24, 2.45) is 0 Å². The molecule has 0 aliphatic rings. The fraction of sp³-hybridized carbons (Fsp3) is 0.235. The van der Waals surface area contributed by atoms with Crippen LogP contribution in [0.15, 0.2) is 48.8 Å². The van der Waals surface area contributed by atoms with Gasteiger partial charge in [0.1, 0.15) is 17.9 Å². The molecule has 0 radical (unpaired) electrons. The maximum atomic E-state index is 12.2. The third-order valence-corrected chi connectivity index (χ3v) is 3.19. The van der Waals surface area contributed by atoms with Gasteiger partial charge in [-0.05, 0) is 38.1 Å². The number of carbonyl (C=O) groups excluding carboxylic acids is 1. The number of carboxylic acids is 1. The maximum absolute atomic E-state index is 12.2. The number of carboxylic acid groups (broad SMARTS) is 1. The van der Waals surface area contributed by atoms with Crippen LogP contribution >= 0.6 is 0 Å². The topological polar surface area (TPSA) is 88.5 Å². The first-order valence-corrected chi connectivity index (χ1v) is 7.06. The molecule has 0 saturated heterocycles. The fourth-order valence-electron chi connectivity index (χ4n) is 1.79. The van der Waals surface area contributed by atoms with Gasteiger partial charge in [0.2, 0.25) is 0 Å². The summed E-state index contributed by atoms with van der Waals surface area (Å²) in [5.74, 6) is -1.05. The van der Waals surface area contributed by atoms with Gasteiger partial charge in [0.25, 0.3) is 5.91 Å². The number of nitrogens with zero attached hydrogens (tertiary/aromatic N) is 1. The number of rotatable bonds is 6. The van der Waals surface area contributed by atoms with Gasteiger partial charge in [-0.15, -0.1) is 0 Å². The van der Waals surface area contributed by atoms with Gasteiger partial charge in [0.15, 0.2) is 0 Å². The number of pyridine rings is 1. The number of hydrogen-bond donors (Lipinski definition) is 2.